The van der Waals surface area contributed by atoms with Gasteiger partial charge in [0.05, 0.1) is 26.2 Å². The van der Waals surface area contributed by atoms with Gasteiger partial charge in [-0.1, -0.05) is 18.2 Å². The topological polar surface area (TPSA) is 69.7 Å². The zero-order valence-corrected chi connectivity index (χ0v) is 17.6. The number of ether oxygens (including phenoxy) is 2. The van der Waals surface area contributed by atoms with E-state index in [4.69, 9.17) is 13.9 Å². The maximum atomic E-state index is 13.4. The molecule has 4 rings (SSSR count). The summed E-state index contributed by atoms with van der Waals surface area (Å²) in [5.41, 5.74) is 2.69. The molecular formula is C24H23N3O4. The molecule has 0 spiro atoms. The van der Waals surface area contributed by atoms with Gasteiger partial charge in [-0.3, -0.25) is 4.79 Å². The SMILES string of the molecule is COc1ccc(CN(C)C(=O)c2cc(-c3ccco3)nn2-c2ccccc2)c(OC)c1. The van der Waals surface area contributed by atoms with Crippen LogP contribution in [0.3, 0.4) is 0 Å². The molecule has 0 saturated heterocycles. The minimum absolute atomic E-state index is 0.174. The molecular weight excluding hydrogens is 394 g/mol. The molecule has 0 unspecified atom stereocenters. The first-order chi connectivity index (χ1) is 15.1. The van der Waals surface area contributed by atoms with E-state index in [0.717, 1.165) is 11.3 Å². The van der Waals surface area contributed by atoms with Gasteiger partial charge >= 0.3 is 0 Å². The standard InChI is InChI=1S/C24H23N3O4/c1-26(16-17-11-12-19(29-2)14-23(17)30-3)24(28)21-15-20(22-10-7-13-31-22)25-27(21)18-8-5-4-6-9-18/h4-15H,16H2,1-3H3. The molecule has 2 heterocycles. The van der Waals surface area contributed by atoms with Gasteiger partial charge in [-0.05, 0) is 36.4 Å². The number of carbonyl (C=O) groups excluding carboxylic acids is 1. The number of hydrogen-bond acceptors (Lipinski definition) is 5. The van der Waals surface area contributed by atoms with Gasteiger partial charge < -0.3 is 18.8 Å². The molecule has 0 aliphatic heterocycles. The first-order valence-electron chi connectivity index (χ1n) is 9.76. The van der Waals surface area contributed by atoms with Crippen molar-refractivity contribution in [1.29, 1.82) is 0 Å². The molecule has 2 aromatic carbocycles. The molecule has 2 aromatic heterocycles. The van der Waals surface area contributed by atoms with Crippen molar-refractivity contribution >= 4 is 5.91 Å². The molecule has 31 heavy (non-hydrogen) atoms. The Morgan fingerprint density at radius 3 is 2.52 bits per heavy atom. The van der Waals surface area contributed by atoms with Crippen LogP contribution in [-0.2, 0) is 6.54 Å². The molecule has 158 valence electrons. The molecule has 7 nitrogen and oxygen atoms in total. The zero-order valence-electron chi connectivity index (χ0n) is 17.6. The van der Waals surface area contributed by atoms with Crippen LogP contribution in [0.2, 0.25) is 0 Å². The molecule has 1 amide bonds. The third kappa shape index (κ3) is 4.16. The van der Waals surface area contributed by atoms with Crippen LogP contribution in [-0.4, -0.2) is 41.9 Å². The Labute approximate surface area is 180 Å². The number of para-hydroxylation sites is 1. The second kappa shape index (κ2) is 8.79. The lowest BCUT2D eigenvalue weighted by Crippen LogP contribution is -2.28. The van der Waals surface area contributed by atoms with Gasteiger partial charge in [-0.25, -0.2) is 4.68 Å². The van der Waals surface area contributed by atoms with Crippen molar-refractivity contribution in [3.8, 4) is 28.6 Å². The van der Waals surface area contributed by atoms with Crippen molar-refractivity contribution in [3.05, 3.63) is 84.3 Å². The van der Waals surface area contributed by atoms with Crippen molar-refractivity contribution in [2.75, 3.05) is 21.3 Å². The van der Waals surface area contributed by atoms with Crippen molar-refractivity contribution in [2.45, 2.75) is 6.54 Å². The molecule has 0 atom stereocenters. The predicted octanol–water partition coefficient (Wildman–Crippen LogP) is 4.42. The zero-order chi connectivity index (χ0) is 21.8. The van der Waals surface area contributed by atoms with E-state index in [1.54, 1.807) is 55.3 Å². The average molecular weight is 417 g/mol. The Balaban J connectivity index is 1.67. The summed E-state index contributed by atoms with van der Waals surface area (Å²) in [7, 11) is 4.95. The minimum Gasteiger partial charge on any atom is -0.497 e. The quantitative estimate of drug-likeness (QED) is 0.445. The van der Waals surface area contributed by atoms with Gasteiger partial charge in [0.25, 0.3) is 5.91 Å². The summed E-state index contributed by atoms with van der Waals surface area (Å²) in [6.45, 7) is 0.363. The highest BCUT2D eigenvalue weighted by atomic mass is 16.5. The van der Waals surface area contributed by atoms with Crippen LogP contribution >= 0.6 is 0 Å². The molecule has 0 radical (unpaired) electrons. The Morgan fingerprint density at radius 2 is 1.84 bits per heavy atom. The number of methoxy groups -OCH3 is 2. The second-order valence-corrected chi connectivity index (χ2v) is 6.98. The van der Waals surface area contributed by atoms with E-state index in [9.17, 15) is 4.79 Å². The number of amides is 1. The number of carbonyl (C=O) groups is 1. The maximum Gasteiger partial charge on any atom is 0.272 e. The van der Waals surface area contributed by atoms with Gasteiger partial charge in [0.15, 0.2) is 5.76 Å². The highest BCUT2D eigenvalue weighted by molar-refractivity contribution is 5.94. The van der Waals surface area contributed by atoms with Crippen LogP contribution in [0.4, 0.5) is 0 Å². The van der Waals surface area contributed by atoms with Gasteiger partial charge in [-0.15, -0.1) is 0 Å². The summed E-state index contributed by atoms with van der Waals surface area (Å²) in [5.74, 6) is 1.78. The van der Waals surface area contributed by atoms with Crippen LogP contribution in [0.1, 0.15) is 16.1 Å². The molecule has 0 fully saturated rings. The summed E-state index contributed by atoms with van der Waals surface area (Å²) in [4.78, 5) is 15.0. The van der Waals surface area contributed by atoms with E-state index in [-0.39, 0.29) is 5.91 Å². The molecule has 0 aliphatic rings. The number of furan rings is 1. The number of rotatable bonds is 7. The number of hydrogen-bond donors (Lipinski definition) is 0. The Kier molecular flexibility index (Phi) is 5.75. The van der Waals surface area contributed by atoms with E-state index in [0.29, 0.717) is 35.2 Å². The number of aromatic nitrogens is 2. The fraction of sp³-hybridized carbons (Fsp3) is 0.167. The highest BCUT2D eigenvalue weighted by Crippen LogP contribution is 2.27. The largest absolute Gasteiger partial charge is 0.497 e. The molecule has 0 aliphatic carbocycles. The molecule has 0 saturated carbocycles. The average Bonchev–Trinajstić information content (AvgIpc) is 3.49. The molecule has 4 aromatic rings. The summed E-state index contributed by atoms with van der Waals surface area (Å²) in [5, 5.41) is 4.62. The van der Waals surface area contributed by atoms with Gasteiger partial charge in [0.2, 0.25) is 0 Å². The van der Waals surface area contributed by atoms with E-state index in [1.165, 1.54) is 0 Å². The minimum atomic E-state index is -0.174. The van der Waals surface area contributed by atoms with E-state index < -0.39 is 0 Å². The summed E-state index contributed by atoms with van der Waals surface area (Å²) in [6.07, 6.45) is 1.58. The lowest BCUT2D eigenvalue weighted by molar-refractivity contribution is 0.0775. The van der Waals surface area contributed by atoms with Crippen LogP contribution in [0, 0.1) is 0 Å². The first kappa shape index (κ1) is 20.3. The lowest BCUT2D eigenvalue weighted by Gasteiger charge is -2.19. The fourth-order valence-corrected chi connectivity index (χ4v) is 3.35. The lowest BCUT2D eigenvalue weighted by atomic mass is 10.1. The van der Waals surface area contributed by atoms with E-state index in [2.05, 4.69) is 5.10 Å². The van der Waals surface area contributed by atoms with Gasteiger partial charge in [-0.2, -0.15) is 5.10 Å². The van der Waals surface area contributed by atoms with Gasteiger partial charge in [0.1, 0.15) is 22.9 Å². The molecule has 0 N–H and O–H groups in total. The fourth-order valence-electron chi connectivity index (χ4n) is 3.35. The Bertz CT molecular complexity index is 1170. The van der Waals surface area contributed by atoms with Crippen molar-refractivity contribution in [1.82, 2.24) is 14.7 Å². The highest BCUT2D eigenvalue weighted by Gasteiger charge is 2.22. The van der Waals surface area contributed by atoms with Crippen LogP contribution in [0.5, 0.6) is 11.5 Å². The smallest absolute Gasteiger partial charge is 0.272 e. The normalized spacial score (nSPS) is 10.7. The van der Waals surface area contributed by atoms with Crippen LogP contribution < -0.4 is 9.47 Å². The number of nitrogens with zero attached hydrogens (tertiary/aromatic N) is 3. The third-order valence-electron chi connectivity index (χ3n) is 4.95. The summed E-state index contributed by atoms with van der Waals surface area (Å²) >= 11 is 0. The second-order valence-electron chi connectivity index (χ2n) is 6.98. The summed E-state index contributed by atoms with van der Waals surface area (Å²) < 4.78 is 17.9. The molecule has 7 heteroatoms. The van der Waals surface area contributed by atoms with Crippen molar-refractivity contribution < 1.29 is 18.7 Å². The summed E-state index contributed by atoms with van der Waals surface area (Å²) in [6, 6.07) is 20.4. The predicted molar refractivity (Wildman–Crippen MR) is 117 cm³/mol. The third-order valence-corrected chi connectivity index (χ3v) is 4.95. The van der Waals surface area contributed by atoms with Crippen LogP contribution in [0.15, 0.2) is 77.4 Å². The van der Waals surface area contributed by atoms with E-state index in [1.807, 2.05) is 48.5 Å². The number of benzene rings is 2. The van der Waals surface area contributed by atoms with Gasteiger partial charge in [0, 0.05) is 31.3 Å². The van der Waals surface area contributed by atoms with E-state index >= 15 is 0 Å². The van der Waals surface area contributed by atoms with Crippen molar-refractivity contribution in [3.63, 3.8) is 0 Å². The van der Waals surface area contributed by atoms with Crippen LogP contribution in [0.25, 0.3) is 17.1 Å². The Hall–Kier alpha value is -4.00. The first-order valence-corrected chi connectivity index (χ1v) is 9.76. The Morgan fingerprint density at radius 1 is 1.03 bits per heavy atom. The monoisotopic (exact) mass is 417 g/mol. The molecule has 0 bridgehead atoms. The van der Waals surface area contributed by atoms with Crippen molar-refractivity contribution in [2.24, 2.45) is 0 Å². The maximum absolute atomic E-state index is 13.4.